The van der Waals surface area contributed by atoms with Crippen molar-refractivity contribution in [3.8, 4) is 6.07 Å². The second kappa shape index (κ2) is 4.49. The topological polar surface area (TPSA) is 84.0 Å². The maximum absolute atomic E-state index is 11.2. The van der Waals surface area contributed by atoms with Crippen molar-refractivity contribution in [1.29, 1.82) is 5.26 Å². The summed E-state index contributed by atoms with van der Waals surface area (Å²) < 4.78 is 22.7. The molecule has 7 heteroatoms. The third kappa shape index (κ3) is 2.69. The van der Waals surface area contributed by atoms with Gasteiger partial charge in [-0.05, 0) is 33.6 Å². The highest BCUT2D eigenvalue weighted by Crippen LogP contribution is 2.29. The number of halogens is 2. The molecule has 0 amide bonds. The molecule has 0 aromatic heterocycles. The number of nitrogens with zero attached hydrogens (tertiary/aromatic N) is 1. The van der Waals surface area contributed by atoms with Crippen LogP contribution in [0.1, 0.15) is 11.1 Å². The molecule has 2 N–H and O–H groups in total. The fraction of sp³-hybridized carbons (Fsp3) is 0.125. The van der Waals surface area contributed by atoms with Crippen LogP contribution in [0.2, 0.25) is 0 Å². The van der Waals surface area contributed by atoms with Gasteiger partial charge >= 0.3 is 0 Å². The molecule has 15 heavy (non-hydrogen) atoms. The van der Waals surface area contributed by atoms with E-state index in [4.69, 9.17) is 21.7 Å². The van der Waals surface area contributed by atoms with Crippen molar-refractivity contribution in [1.82, 2.24) is 0 Å². The second-order valence-corrected chi connectivity index (χ2v) is 6.06. The maximum Gasteiger partial charge on any atom is 0.262 e. The molecular formula is C8H6BrClN2O2S. The Balaban J connectivity index is 3.61. The molecule has 0 aliphatic rings. The average molecular weight is 310 g/mol. The lowest BCUT2D eigenvalue weighted by Gasteiger charge is -2.07. The molecule has 0 radical (unpaired) electrons. The Kier molecular flexibility index (Phi) is 3.73. The van der Waals surface area contributed by atoms with Crippen LogP contribution in [0.4, 0.5) is 0 Å². The monoisotopic (exact) mass is 308 g/mol. The minimum Gasteiger partial charge on any atom is -0.326 e. The molecule has 1 rings (SSSR count). The first-order valence-electron chi connectivity index (χ1n) is 3.77. The second-order valence-electron chi connectivity index (χ2n) is 2.70. The fourth-order valence-electron chi connectivity index (χ4n) is 1.14. The third-order valence-corrected chi connectivity index (χ3v) is 4.03. The standard InChI is InChI=1S/C8H6BrClN2O2S/c9-7-2-5(3-11)1-6(4-12)8(7)15(10,13)14/h1-2H,4,12H2. The van der Waals surface area contributed by atoms with Crippen LogP contribution in [0.3, 0.4) is 0 Å². The lowest BCUT2D eigenvalue weighted by atomic mass is 10.1. The van der Waals surface area contributed by atoms with Gasteiger partial charge in [0.15, 0.2) is 0 Å². The van der Waals surface area contributed by atoms with Crippen LogP contribution in [0.5, 0.6) is 0 Å². The quantitative estimate of drug-likeness (QED) is 0.843. The van der Waals surface area contributed by atoms with E-state index in [2.05, 4.69) is 15.9 Å². The summed E-state index contributed by atoms with van der Waals surface area (Å²) in [6.45, 7) is -0.00456. The van der Waals surface area contributed by atoms with Gasteiger partial charge in [0.1, 0.15) is 4.90 Å². The molecular weight excluding hydrogens is 304 g/mol. The van der Waals surface area contributed by atoms with Crippen LogP contribution in [0.15, 0.2) is 21.5 Å². The van der Waals surface area contributed by atoms with Crippen LogP contribution in [0, 0.1) is 11.3 Å². The van der Waals surface area contributed by atoms with Gasteiger partial charge in [0.2, 0.25) is 0 Å². The largest absolute Gasteiger partial charge is 0.326 e. The predicted octanol–water partition coefficient (Wildman–Crippen LogP) is 1.71. The van der Waals surface area contributed by atoms with Crippen LogP contribution in [0.25, 0.3) is 0 Å². The minimum absolute atomic E-state index is 0.00456. The van der Waals surface area contributed by atoms with Gasteiger partial charge in [0.05, 0.1) is 11.6 Å². The van der Waals surface area contributed by atoms with E-state index in [0.717, 1.165) is 0 Å². The Hall–Kier alpha value is -0.610. The SMILES string of the molecule is N#Cc1cc(Br)c(S(=O)(=O)Cl)c(CN)c1. The molecule has 0 atom stereocenters. The van der Waals surface area contributed by atoms with Crippen molar-refractivity contribution < 1.29 is 8.42 Å². The Morgan fingerprint density at radius 3 is 2.53 bits per heavy atom. The molecule has 0 aliphatic carbocycles. The molecule has 0 saturated heterocycles. The van der Waals surface area contributed by atoms with Crippen LogP contribution in [-0.2, 0) is 15.6 Å². The zero-order chi connectivity index (χ0) is 11.6. The van der Waals surface area contributed by atoms with E-state index < -0.39 is 9.05 Å². The summed E-state index contributed by atoms with van der Waals surface area (Å²) in [4.78, 5) is -0.0781. The summed E-state index contributed by atoms with van der Waals surface area (Å²) in [5, 5.41) is 8.68. The van der Waals surface area contributed by atoms with E-state index in [-0.39, 0.29) is 15.9 Å². The number of benzene rings is 1. The summed E-state index contributed by atoms with van der Waals surface area (Å²) in [6.07, 6.45) is 0. The molecule has 0 unspecified atom stereocenters. The summed E-state index contributed by atoms with van der Waals surface area (Å²) >= 11 is 3.05. The van der Waals surface area contributed by atoms with Crippen LogP contribution < -0.4 is 5.73 Å². The van der Waals surface area contributed by atoms with E-state index in [1.807, 2.05) is 6.07 Å². The molecule has 0 fully saturated rings. The molecule has 0 spiro atoms. The number of hydrogen-bond donors (Lipinski definition) is 1. The van der Waals surface area contributed by atoms with Crippen LogP contribution in [-0.4, -0.2) is 8.42 Å². The van der Waals surface area contributed by atoms with E-state index >= 15 is 0 Å². The van der Waals surface area contributed by atoms with Crippen LogP contribution >= 0.6 is 26.6 Å². The maximum atomic E-state index is 11.2. The van der Waals surface area contributed by atoms with Gasteiger partial charge in [-0.15, -0.1) is 0 Å². The average Bonchev–Trinajstić information content (AvgIpc) is 2.14. The first-order valence-corrected chi connectivity index (χ1v) is 6.87. The fourth-order valence-corrected chi connectivity index (χ4v) is 3.85. The van der Waals surface area contributed by atoms with Gasteiger partial charge < -0.3 is 5.73 Å². The van der Waals surface area contributed by atoms with Crippen molar-refractivity contribution >= 4 is 35.7 Å². The van der Waals surface area contributed by atoms with E-state index in [9.17, 15) is 8.42 Å². The van der Waals surface area contributed by atoms with E-state index in [1.165, 1.54) is 12.1 Å². The summed E-state index contributed by atoms with van der Waals surface area (Å²) in [7, 11) is 1.38. The number of hydrogen-bond acceptors (Lipinski definition) is 4. The Morgan fingerprint density at radius 2 is 2.13 bits per heavy atom. The summed E-state index contributed by atoms with van der Waals surface area (Å²) in [6, 6.07) is 4.68. The van der Waals surface area contributed by atoms with Crippen molar-refractivity contribution in [2.24, 2.45) is 5.73 Å². The molecule has 0 aliphatic heterocycles. The number of rotatable bonds is 2. The van der Waals surface area contributed by atoms with Gasteiger partial charge in [-0.1, -0.05) is 0 Å². The first kappa shape index (κ1) is 12.5. The molecule has 80 valence electrons. The zero-order valence-corrected chi connectivity index (χ0v) is 10.5. The smallest absolute Gasteiger partial charge is 0.262 e. The third-order valence-electron chi connectivity index (χ3n) is 1.71. The molecule has 0 bridgehead atoms. The molecule has 4 nitrogen and oxygen atoms in total. The van der Waals surface area contributed by atoms with E-state index in [0.29, 0.717) is 11.1 Å². The Bertz CT molecular complexity index is 536. The van der Waals surface area contributed by atoms with Gasteiger partial charge in [-0.2, -0.15) is 5.26 Å². The normalized spacial score (nSPS) is 11.1. The Morgan fingerprint density at radius 1 is 1.53 bits per heavy atom. The van der Waals surface area contributed by atoms with Gasteiger partial charge in [-0.25, -0.2) is 8.42 Å². The first-order chi connectivity index (χ1) is 6.90. The van der Waals surface area contributed by atoms with Gasteiger partial charge in [0.25, 0.3) is 9.05 Å². The van der Waals surface area contributed by atoms with E-state index in [1.54, 1.807) is 0 Å². The van der Waals surface area contributed by atoms with Gasteiger partial charge in [-0.3, -0.25) is 0 Å². The molecule has 0 heterocycles. The van der Waals surface area contributed by atoms with Crippen molar-refractivity contribution in [2.75, 3.05) is 0 Å². The lowest BCUT2D eigenvalue weighted by Crippen LogP contribution is -2.05. The highest BCUT2D eigenvalue weighted by molar-refractivity contribution is 9.10. The number of nitrogens with two attached hydrogens (primary N) is 1. The summed E-state index contributed by atoms with van der Waals surface area (Å²) in [5.41, 5.74) is 6.03. The predicted molar refractivity (Wildman–Crippen MR) is 59.8 cm³/mol. The highest BCUT2D eigenvalue weighted by Gasteiger charge is 2.19. The van der Waals surface area contributed by atoms with Crippen molar-refractivity contribution in [3.63, 3.8) is 0 Å². The summed E-state index contributed by atoms with van der Waals surface area (Å²) in [5.74, 6) is 0. The number of nitriles is 1. The molecule has 1 aromatic carbocycles. The van der Waals surface area contributed by atoms with Gasteiger partial charge in [0, 0.05) is 21.7 Å². The lowest BCUT2D eigenvalue weighted by molar-refractivity contribution is 0.608. The van der Waals surface area contributed by atoms with Crippen molar-refractivity contribution in [2.45, 2.75) is 11.4 Å². The molecule has 1 aromatic rings. The Labute approximate surface area is 100 Å². The highest BCUT2D eigenvalue weighted by atomic mass is 79.9. The van der Waals surface area contributed by atoms with Crippen molar-refractivity contribution in [3.05, 3.63) is 27.7 Å². The zero-order valence-electron chi connectivity index (χ0n) is 7.37. The molecule has 0 saturated carbocycles. The minimum atomic E-state index is -3.87.